The fourth-order valence-corrected chi connectivity index (χ4v) is 3.45. The summed E-state index contributed by atoms with van der Waals surface area (Å²) >= 11 is 0. The molecule has 1 unspecified atom stereocenters. The third-order valence-electron chi connectivity index (χ3n) is 4.64. The summed E-state index contributed by atoms with van der Waals surface area (Å²) in [5.74, 6) is -0.00163. The molecule has 0 radical (unpaired) electrons. The van der Waals surface area contributed by atoms with Crippen LogP contribution >= 0.6 is 0 Å². The Hall–Kier alpha value is -1.34. The van der Waals surface area contributed by atoms with E-state index in [-0.39, 0.29) is 18.1 Å². The van der Waals surface area contributed by atoms with Crippen molar-refractivity contribution < 1.29 is 23.8 Å². The van der Waals surface area contributed by atoms with Gasteiger partial charge >= 0.3 is 6.09 Å². The highest BCUT2D eigenvalue weighted by Gasteiger charge is 2.55. The molecule has 7 heteroatoms. The van der Waals surface area contributed by atoms with Gasteiger partial charge in [-0.05, 0) is 46.5 Å². The second kappa shape index (κ2) is 6.52. The van der Waals surface area contributed by atoms with E-state index in [1.165, 1.54) is 0 Å². The monoisotopic (exact) mass is 340 g/mol. The van der Waals surface area contributed by atoms with Gasteiger partial charge in [0.05, 0.1) is 19.7 Å². The van der Waals surface area contributed by atoms with Crippen LogP contribution in [0.2, 0.25) is 0 Å². The fraction of sp³-hybridized carbons (Fsp3) is 0.882. The predicted octanol–water partition coefficient (Wildman–Crippen LogP) is 1.75. The van der Waals surface area contributed by atoms with E-state index >= 15 is 0 Å². The summed E-state index contributed by atoms with van der Waals surface area (Å²) in [5, 5.41) is 0. The SMILES string of the molecule is CC(C)(C)OC(=O)N1CC2(C1)OCCCN2C(=O)C1CCCCO1. The molecule has 3 heterocycles. The van der Waals surface area contributed by atoms with Gasteiger partial charge in [-0.1, -0.05) is 0 Å². The maximum absolute atomic E-state index is 12.9. The summed E-state index contributed by atoms with van der Waals surface area (Å²) in [6.45, 7) is 8.15. The molecule has 3 rings (SSSR count). The Kier molecular flexibility index (Phi) is 4.75. The zero-order valence-electron chi connectivity index (χ0n) is 14.9. The third-order valence-corrected chi connectivity index (χ3v) is 4.64. The van der Waals surface area contributed by atoms with Crippen LogP contribution in [0.5, 0.6) is 0 Å². The topological polar surface area (TPSA) is 68.3 Å². The molecule has 136 valence electrons. The zero-order chi connectivity index (χ0) is 17.4. The summed E-state index contributed by atoms with van der Waals surface area (Å²) in [5.41, 5.74) is -1.23. The quantitative estimate of drug-likeness (QED) is 0.727. The highest BCUT2D eigenvalue weighted by Crippen LogP contribution is 2.35. The molecular formula is C17H28N2O5. The second-order valence-electron chi connectivity index (χ2n) is 7.83. The number of amides is 2. The molecule has 1 atom stereocenters. The van der Waals surface area contributed by atoms with E-state index in [1.807, 2.05) is 20.8 Å². The number of likely N-dealkylation sites (tertiary alicyclic amines) is 1. The molecule has 2 amide bonds. The first-order valence-electron chi connectivity index (χ1n) is 8.86. The molecule has 3 saturated heterocycles. The van der Waals surface area contributed by atoms with Gasteiger partial charge in [-0.3, -0.25) is 9.69 Å². The largest absolute Gasteiger partial charge is 0.444 e. The highest BCUT2D eigenvalue weighted by molar-refractivity contribution is 5.82. The minimum Gasteiger partial charge on any atom is -0.444 e. The Bertz CT molecular complexity index is 490. The van der Waals surface area contributed by atoms with Gasteiger partial charge in [0.2, 0.25) is 0 Å². The van der Waals surface area contributed by atoms with Gasteiger partial charge in [0.1, 0.15) is 11.7 Å². The normalized spacial score (nSPS) is 26.9. The smallest absolute Gasteiger partial charge is 0.410 e. The van der Waals surface area contributed by atoms with Crippen molar-refractivity contribution in [3.05, 3.63) is 0 Å². The van der Waals surface area contributed by atoms with Crippen LogP contribution in [0.3, 0.4) is 0 Å². The van der Waals surface area contributed by atoms with Crippen LogP contribution in [-0.2, 0) is 19.0 Å². The summed E-state index contributed by atoms with van der Waals surface area (Å²) in [7, 11) is 0. The van der Waals surface area contributed by atoms with Crippen molar-refractivity contribution in [2.24, 2.45) is 0 Å². The molecule has 0 saturated carbocycles. The lowest BCUT2D eigenvalue weighted by atomic mass is 9.97. The first-order chi connectivity index (χ1) is 11.3. The van der Waals surface area contributed by atoms with E-state index in [9.17, 15) is 9.59 Å². The molecule has 0 bridgehead atoms. The van der Waals surface area contributed by atoms with Crippen molar-refractivity contribution in [3.8, 4) is 0 Å². The Morgan fingerprint density at radius 2 is 1.88 bits per heavy atom. The number of carbonyl (C=O) groups excluding carboxylic acids is 2. The van der Waals surface area contributed by atoms with Crippen molar-refractivity contribution in [1.82, 2.24) is 9.80 Å². The Balaban J connectivity index is 1.63. The minimum atomic E-state index is -0.701. The van der Waals surface area contributed by atoms with E-state index in [0.717, 1.165) is 25.7 Å². The molecular weight excluding hydrogens is 312 g/mol. The number of carbonyl (C=O) groups is 2. The fourth-order valence-electron chi connectivity index (χ4n) is 3.45. The summed E-state index contributed by atoms with van der Waals surface area (Å²) in [6, 6.07) is 0. The van der Waals surface area contributed by atoms with Gasteiger partial charge in [0, 0.05) is 13.2 Å². The molecule has 0 aromatic heterocycles. The van der Waals surface area contributed by atoms with Crippen LogP contribution in [0, 0.1) is 0 Å². The molecule has 0 aromatic rings. The Morgan fingerprint density at radius 1 is 1.12 bits per heavy atom. The number of hydrogen-bond donors (Lipinski definition) is 0. The van der Waals surface area contributed by atoms with Crippen LogP contribution in [0.4, 0.5) is 4.79 Å². The second-order valence-corrected chi connectivity index (χ2v) is 7.83. The molecule has 7 nitrogen and oxygen atoms in total. The van der Waals surface area contributed by atoms with Crippen molar-refractivity contribution in [2.45, 2.75) is 63.9 Å². The van der Waals surface area contributed by atoms with E-state index < -0.39 is 11.3 Å². The predicted molar refractivity (Wildman–Crippen MR) is 86.4 cm³/mol. The molecule has 24 heavy (non-hydrogen) atoms. The molecule has 3 fully saturated rings. The van der Waals surface area contributed by atoms with Gasteiger partial charge in [0.15, 0.2) is 5.72 Å². The van der Waals surface area contributed by atoms with Gasteiger partial charge in [-0.2, -0.15) is 0 Å². The van der Waals surface area contributed by atoms with E-state index in [1.54, 1.807) is 9.80 Å². The summed E-state index contributed by atoms with van der Waals surface area (Å²) in [6.07, 6.45) is 2.88. The first-order valence-corrected chi connectivity index (χ1v) is 8.86. The maximum atomic E-state index is 12.9. The molecule has 3 aliphatic heterocycles. The van der Waals surface area contributed by atoms with E-state index in [2.05, 4.69) is 0 Å². The maximum Gasteiger partial charge on any atom is 0.410 e. The number of ether oxygens (including phenoxy) is 3. The molecule has 0 aromatic carbocycles. The van der Waals surface area contributed by atoms with Crippen molar-refractivity contribution in [2.75, 3.05) is 32.8 Å². The number of rotatable bonds is 1. The lowest BCUT2D eigenvalue weighted by Gasteiger charge is -2.56. The summed E-state index contributed by atoms with van der Waals surface area (Å²) in [4.78, 5) is 28.4. The molecule has 3 aliphatic rings. The number of nitrogens with zero attached hydrogens (tertiary/aromatic N) is 2. The van der Waals surface area contributed by atoms with Crippen molar-refractivity contribution >= 4 is 12.0 Å². The van der Waals surface area contributed by atoms with Crippen LogP contribution in [-0.4, -0.2) is 72.1 Å². The lowest BCUT2D eigenvalue weighted by Crippen LogP contribution is -2.76. The third kappa shape index (κ3) is 3.52. The van der Waals surface area contributed by atoms with Crippen LogP contribution < -0.4 is 0 Å². The Labute approximate surface area is 143 Å². The zero-order valence-corrected chi connectivity index (χ0v) is 14.9. The highest BCUT2D eigenvalue weighted by atomic mass is 16.6. The Morgan fingerprint density at radius 3 is 2.50 bits per heavy atom. The summed E-state index contributed by atoms with van der Waals surface area (Å²) < 4.78 is 17.0. The van der Waals surface area contributed by atoms with Crippen molar-refractivity contribution in [3.63, 3.8) is 0 Å². The molecule has 0 aliphatic carbocycles. The van der Waals surface area contributed by atoms with Gasteiger partial charge in [0.25, 0.3) is 5.91 Å². The minimum absolute atomic E-state index is 0.00163. The average molecular weight is 340 g/mol. The van der Waals surface area contributed by atoms with Crippen LogP contribution in [0.25, 0.3) is 0 Å². The molecule has 0 N–H and O–H groups in total. The standard InChI is InChI=1S/C17H28N2O5/c1-16(2,3)24-15(21)18-11-17(12-18)19(8-6-10-23-17)14(20)13-7-4-5-9-22-13/h13H,4-12H2,1-3H3. The van der Waals surface area contributed by atoms with Crippen molar-refractivity contribution in [1.29, 1.82) is 0 Å². The van der Waals surface area contributed by atoms with Crippen LogP contribution in [0.1, 0.15) is 46.5 Å². The average Bonchev–Trinajstić information content (AvgIpc) is 2.51. The number of hydrogen-bond acceptors (Lipinski definition) is 5. The van der Waals surface area contributed by atoms with E-state index in [4.69, 9.17) is 14.2 Å². The van der Waals surface area contributed by atoms with Gasteiger partial charge < -0.3 is 19.1 Å². The van der Waals surface area contributed by atoms with E-state index in [0.29, 0.717) is 32.8 Å². The first kappa shape index (κ1) is 17.5. The van der Waals surface area contributed by atoms with Gasteiger partial charge in [-0.25, -0.2) is 4.79 Å². The van der Waals surface area contributed by atoms with Gasteiger partial charge in [-0.15, -0.1) is 0 Å². The van der Waals surface area contributed by atoms with Crippen LogP contribution in [0.15, 0.2) is 0 Å². The lowest BCUT2D eigenvalue weighted by molar-refractivity contribution is -0.247. The molecule has 1 spiro atoms.